The second-order valence-corrected chi connectivity index (χ2v) is 13.5. The van der Waals surface area contributed by atoms with E-state index < -0.39 is 18.2 Å². The average Bonchev–Trinajstić information content (AvgIpc) is 4.18. The van der Waals surface area contributed by atoms with E-state index in [1.54, 1.807) is 30.3 Å². The molecule has 2 saturated heterocycles. The van der Waals surface area contributed by atoms with E-state index in [9.17, 15) is 14.4 Å². The van der Waals surface area contributed by atoms with Crippen molar-refractivity contribution in [1.82, 2.24) is 0 Å². The fraction of sp³-hybridized carbons (Fsp3) is 0.356. The van der Waals surface area contributed by atoms with Crippen molar-refractivity contribution in [1.29, 1.82) is 0 Å². The van der Waals surface area contributed by atoms with Gasteiger partial charge in [0.25, 0.3) is 0 Å². The first-order valence-corrected chi connectivity index (χ1v) is 19.3. The number of benzene rings is 3. The van der Waals surface area contributed by atoms with E-state index >= 15 is 0 Å². The van der Waals surface area contributed by atoms with Crippen molar-refractivity contribution in [2.45, 2.75) is 76.2 Å². The number of hydrogen-bond donors (Lipinski definition) is 0. The van der Waals surface area contributed by atoms with Gasteiger partial charge in [0.1, 0.15) is 41.0 Å². The zero-order valence-electron chi connectivity index (χ0n) is 31.8. The predicted octanol–water partition coefficient (Wildman–Crippen LogP) is 8.55. The van der Waals surface area contributed by atoms with Crippen LogP contribution in [-0.4, -0.2) is 56.9 Å². The highest BCUT2D eigenvalue weighted by atomic mass is 16.8. The van der Waals surface area contributed by atoms with Gasteiger partial charge in [-0.1, -0.05) is 37.4 Å². The third-order valence-corrected chi connectivity index (χ3v) is 9.16. The van der Waals surface area contributed by atoms with Gasteiger partial charge in [-0.25, -0.2) is 14.4 Å². The highest BCUT2D eigenvalue weighted by molar-refractivity contribution is 5.90. The standard InChI is InChI=1S/C45H48O12/c1-3-39(46)51-29-8-6-5-7-27-49-34-17-11-32(12-18-34)42-45(57-42)55-38-25-23-36(24-26-38)53-43(48)33-15-21-37(22-16-33)54-44-41(56-44)31-13-19-35(20-14-31)50-28-9-10-30-52-40(47)4-2/h3-4,11-23,25,41-42,44-45H,1-2,5-10,24,26-30H2. The Labute approximate surface area is 332 Å². The molecule has 3 aliphatic rings. The minimum absolute atomic E-state index is 0.152. The molecule has 2 fully saturated rings. The summed E-state index contributed by atoms with van der Waals surface area (Å²) in [7, 11) is 0. The van der Waals surface area contributed by atoms with Crippen LogP contribution in [0.5, 0.6) is 17.2 Å². The maximum atomic E-state index is 12.9. The molecule has 0 aromatic heterocycles. The number of rotatable bonds is 24. The first-order valence-electron chi connectivity index (χ1n) is 19.3. The molecule has 2 heterocycles. The van der Waals surface area contributed by atoms with Gasteiger partial charge in [-0.05, 0) is 110 Å². The number of carbonyl (C=O) groups is 3. The fourth-order valence-electron chi connectivity index (χ4n) is 5.87. The molecule has 0 spiro atoms. The second-order valence-electron chi connectivity index (χ2n) is 13.5. The van der Waals surface area contributed by atoms with Crippen molar-refractivity contribution in [2.24, 2.45) is 0 Å². The van der Waals surface area contributed by atoms with Gasteiger partial charge in [-0.15, -0.1) is 0 Å². The van der Waals surface area contributed by atoms with E-state index in [2.05, 4.69) is 13.2 Å². The number of ether oxygens (including phenoxy) is 9. The minimum atomic E-state index is -0.452. The quantitative estimate of drug-likeness (QED) is 0.0283. The van der Waals surface area contributed by atoms with Gasteiger partial charge in [0.15, 0.2) is 0 Å². The van der Waals surface area contributed by atoms with E-state index in [-0.39, 0.29) is 24.5 Å². The Balaban J connectivity index is 0.842. The number of unbranched alkanes of at least 4 members (excludes halogenated alkanes) is 4. The van der Waals surface area contributed by atoms with Crippen LogP contribution in [0.1, 0.15) is 85.1 Å². The molecule has 0 bridgehead atoms. The Morgan fingerprint density at radius 2 is 1.02 bits per heavy atom. The van der Waals surface area contributed by atoms with Crippen LogP contribution in [0.2, 0.25) is 0 Å². The van der Waals surface area contributed by atoms with Crippen LogP contribution in [0.15, 0.2) is 122 Å². The summed E-state index contributed by atoms with van der Waals surface area (Å²) in [5.41, 5.74) is 2.38. The zero-order chi connectivity index (χ0) is 39.8. The van der Waals surface area contributed by atoms with Gasteiger partial charge in [0, 0.05) is 25.0 Å². The van der Waals surface area contributed by atoms with E-state index in [1.165, 1.54) is 6.08 Å². The Bertz CT molecular complexity index is 1880. The first kappa shape index (κ1) is 40.8. The zero-order valence-corrected chi connectivity index (χ0v) is 31.8. The van der Waals surface area contributed by atoms with Crippen LogP contribution in [0.25, 0.3) is 0 Å². The van der Waals surface area contributed by atoms with E-state index in [4.69, 9.17) is 42.6 Å². The molecule has 2 aliphatic heterocycles. The van der Waals surface area contributed by atoms with Crippen LogP contribution >= 0.6 is 0 Å². The van der Waals surface area contributed by atoms with Crippen LogP contribution in [0.3, 0.4) is 0 Å². The Morgan fingerprint density at radius 3 is 1.54 bits per heavy atom. The van der Waals surface area contributed by atoms with Gasteiger partial charge in [-0.3, -0.25) is 0 Å². The molecule has 300 valence electrons. The monoisotopic (exact) mass is 780 g/mol. The first-order chi connectivity index (χ1) is 27.9. The normalized spacial score (nSPS) is 19.2. The molecule has 0 radical (unpaired) electrons. The smallest absolute Gasteiger partial charge is 0.343 e. The van der Waals surface area contributed by atoms with Crippen molar-refractivity contribution in [3.05, 3.63) is 138 Å². The summed E-state index contributed by atoms with van der Waals surface area (Å²) >= 11 is 0. The average molecular weight is 781 g/mol. The molecule has 57 heavy (non-hydrogen) atoms. The number of epoxide rings is 2. The summed E-state index contributed by atoms with van der Waals surface area (Å²) in [5.74, 6) is 2.19. The Kier molecular flexibility index (Phi) is 15.0. The largest absolute Gasteiger partial charge is 0.494 e. The van der Waals surface area contributed by atoms with Crippen LogP contribution in [0.4, 0.5) is 0 Å². The van der Waals surface area contributed by atoms with Gasteiger partial charge >= 0.3 is 17.9 Å². The molecule has 0 amide bonds. The van der Waals surface area contributed by atoms with Gasteiger partial charge in [-0.2, -0.15) is 0 Å². The van der Waals surface area contributed by atoms with E-state index in [1.807, 2.05) is 54.6 Å². The minimum Gasteiger partial charge on any atom is -0.494 e. The van der Waals surface area contributed by atoms with Gasteiger partial charge in [0.05, 0.1) is 32.0 Å². The van der Waals surface area contributed by atoms with Gasteiger partial charge < -0.3 is 42.6 Å². The summed E-state index contributed by atoms with van der Waals surface area (Å²) < 4.78 is 50.7. The number of carbonyl (C=O) groups excluding carboxylic acids is 3. The molecule has 3 aromatic carbocycles. The van der Waals surface area contributed by atoms with Crippen LogP contribution in [0, 0.1) is 0 Å². The maximum Gasteiger partial charge on any atom is 0.343 e. The molecule has 6 rings (SSSR count). The number of hydrogen-bond acceptors (Lipinski definition) is 12. The van der Waals surface area contributed by atoms with Crippen molar-refractivity contribution in [2.75, 3.05) is 26.4 Å². The highest BCUT2D eigenvalue weighted by Gasteiger charge is 2.44. The van der Waals surface area contributed by atoms with Crippen LogP contribution < -0.4 is 14.2 Å². The third-order valence-electron chi connectivity index (χ3n) is 9.16. The second kappa shape index (κ2) is 20.9. The molecule has 3 aromatic rings. The van der Waals surface area contributed by atoms with Crippen molar-refractivity contribution < 1.29 is 57.0 Å². The van der Waals surface area contributed by atoms with Crippen LogP contribution in [-0.2, 0) is 38.0 Å². The summed E-state index contributed by atoms with van der Waals surface area (Å²) in [5, 5.41) is 0. The van der Waals surface area contributed by atoms with Gasteiger partial charge in [0.2, 0.25) is 12.6 Å². The number of allylic oxidation sites excluding steroid dienone is 4. The van der Waals surface area contributed by atoms with Crippen molar-refractivity contribution in [3.8, 4) is 17.2 Å². The summed E-state index contributed by atoms with van der Waals surface area (Å²) in [4.78, 5) is 35.0. The van der Waals surface area contributed by atoms with Crippen molar-refractivity contribution in [3.63, 3.8) is 0 Å². The Hall–Kier alpha value is -5.85. The third kappa shape index (κ3) is 13.1. The van der Waals surface area contributed by atoms with E-state index in [0.717, 1.165) is 66.6 Å². The lowest BCUT2D eigenvalue weighted by Crippen LogP contribution is -2.08. The lowest BCUT2D eigenvalue weighted by atomic mass is 10.1. The van der Waals surface area contributed by atoms with Crippen molar-refractivity contribution >= 4 is 17.9 Å². The fourth-order valence-corrected chi connectivity index (χ4v) is 5.87. The summed E-state index contributed by atoms with van der Waals surface area (Å²) in [6.07, 6.45) is 11.0. The molecule has 12 heteroatoms. The topological polar surface area (TPSA) is 141 Å². The SMILES string of the molecule is C=CC(=O)OCCCCCCOc1ccc(C2OC2OC2=CC=C(OC(=O)c3ccc(OC4OC4c4ccc(OCCCCOC(=O)C=C)cc4)cc3)CC2)cc1. The summed E-state index contributed by atoms with van der Waals surface area (Å²) in [6.45, 7) is 8.64. The highest BCUT2D eigenvalue weighted by Crippen LogP contribution is 2.42. The maximum absolute atomic E-state index is 12.9. The number of esters is 3. The lowest BCUT2D eigenvalue weighted by molar-refractivity contribution is -0.138. The molecular formula is C45H48O12. The lowest BCUT2D eigenvalue weighted by Gasteiger charge is -2.15. The predicted molar refractivity (Wildman–Crippen MR) is 208 cm³/mol. The molecule has 12 nitrogen and oxygen atoms in total. The molecule has 0 N–H and O–H groups in total. The molecule has 0 saturated carbocycles. The molecule has 4 atom stereocenters. The molecule has 1 aliphatic carbocycles. The summed E-state index contributed by atoms with van der Waals surface area (Å²) in [6, 6.07) is 22.2. The van der Waals surface area contributed by atoms with E-state index in [0.29, 0.717) is 62.8 Å². The Morgan fingerprint density at radius 1 is 0.561 bits per heavy atom. The molecule has 4 unspecified atom stereocenters. The molecular weight excluding hydrogens is 732 g/mol.